The smallest absolute Gasteiger partial charge is 0.137 e. The number of ether oxygens (including phenoxy) is 1. The van der Waals surface area contributed by atoms with Crippen LogP contribution in [0.5, 0.6) is 5.75 Å². The second-order valence-corrected chi connectivity index (χ2v) is 3.84. The van der Waals surface area contributed by atoms with Crippen LogP contribution in [0.2, 0.25) is 5.02 Å². The van der Waals surface area contributed by atoms with Crippen LogP contribution in [0.3, 0.4) is 0 Å². The van der Waals surface area contributed by atoms with Gasteiger partial charge in [0.05, 0.1) is 12.1 Å². The summed E-state index contributed by atoms with van der Waals surface area (Å²) in [7, 11) is 1.59. The molecule has 0 spiro atoms. The molecule has 3 nitrogen and oxygen atoms in total. The Kier molecular flexibility index (Phi) is 7.51. The molecule has 1 aromatic carbocycles. The van der Waals surface area contributed by atoms with Gasteiger partial charge < -0.3 is 16.2 Å². The fourth-order valence-corrected chi connectivity index (χ4v) is 1.61. The number of methoxy groups -OCH3 is 1. The molecule has 4 N–H and O–H groups in total. The Balaban J connectivity index is 0.00000225. The first-order chi connectivity index (χ1) is 7.19. The largest absolute Gasteiger partial charge is 0.495 e. The molecule has 0 heterocycles. The van der Waals surface area contributed by atoms with Gasteiger partial charge in [0.25, 0.3) is 0 Å². The van der Waals surface area contributed by atoms with E-state index in [1.807, 2.05) is 12.1 Å². The van der Waals surface area contributed by atoms with Crippen molar-refractivity contribution in [2.24, 2.45) is 11.5 Å². The van der Waals surface area contributed by atoms with Crippen LogP contribution in [-0.2, 0) is 0 Å². The SMILES string of the molecule is COc1cc([C@H](N)CCCN)ccc1Cl.Cl. The summed E-state index contributed by atoms with van der Waals surface area (Å²) >= 11 is 5.92. The zero-order valence-electron chi connectivity index (χ0n) is 9.28. The molecule has 0 unspecified atom stereocenters. The highest BCUT2D eigenvalue weighted by molar-refractivity contribution is 6.32. The van der Waals surface area contributed by atoms with Crippen molar-refractivity contribution in [2.45, 2.75) is 18.9 Å². The van der Waals surface area contributed by atoms with E-state index < -0.39 is 0 Å². The second kappa shape index (κ2) is 7.74. The molecule has 0 fully saturated rings. The first kappa shape index (κ1) is 15.5. The summed E-state index contributed by atoms with van der Waals surface area (Å²) in [6, 6.07) is 5.60. The highest BCUT2D eigenvalue weighted by Gasteiger charge is 2.08. The van der Waals surface area contributed by atoms with Crippen LogP contribution in [0.25, 0.3) is 0 Å². The molecule has 92 valence electrons. The number of benzene rings is 1. The topological polar surface area (TPSA) is 61.3 Å². The lowest BCUT2D eigenvalue weighted by Crippen LogP contribution is -2.12. The minimum absolute atomic E-state index is 0. The van der Waals surface area contributed by atoms with Gasteiger partial charge >= 0.3 is 0 Å². The Morgan fingerprint density at radius 2 is 2.12 bits per heavy atom. The lowest BCUT2D eigenvalue weighted by atomic mass is 10.0. The van der Waals surface area contributed by atoms with Crippen molar-refractivity contribution in [3.8, 4) is 5.75 Å². The van der Waals surface area contributed by atoms with Crippen molar-refractivity contribution in [3.63, 3.8) is 0 Å². The summed E-state index contributed by atoms with van der Waals surface area (Å²) in [6.07, 6.45) is 1.80. The van der Waals surface area contributed by atoms with E-state index in [-0.39, 0.29) is 18.4 Å². The van der Waals surface area contributed by atoms with E-state index in [1.165, 1.54) is 0 Å². The van der Waals surface area contributed by atoms with Crippen LogP contribution in [0.1, 0.15) is 24.4 Å². The average Bonchev–Trinajstić information content (AvgIpc) is 2.26. The summed E-state index contributed by atoms with van der Waals surface area (Å²) in [4.78, 5) is 0. The van der Waals surface area contributed by atoms with Gasteiger partial charge in [0.15, 0.2) is 0 Å². The van der Waals surface area contributed by atoms with Crippen molar-refractivity contribution in [2.75, 3.05) is 13.7 Å². The normalized spacial score (nSPS) is 11.8. The Labute approximate surface area is 108 Å². The first-order valence-electron chi connectivity index (χ1n) is 4.98. The maximum absolute atomic E-state index is 6.00. The third-order valence-corrected chi connectivity index (χ3v) is 2.63. The molecule has 1 atom stereocenters. The molecule has 0 radical (unpaired) electrons. The number of hydrogen-bond acceptors (Lipinski definition) is 3. The minimum atomic E-state index is -0.000262. The van der Waals surface area contributed by atoms with E-state index in [0.29, 0.717) is 17.3 Å². The van der Waals surface area contributed by atoms with Crippen molar-refractivity contribution >= 4 is 24.0 Å². The van der Waals surface area contributed by atoms with Crippen molar-refractivity contribution in [1.82, 2.24) is 0 Å². The molecular formula is C11H18Cl2N2O. The Bertz CT molecular complexity index is 321. The molecule has 0 aromatic heterocycles. The maximum Gasteiger partial charge on any atom is 0.137 e. The van der Waals surface area contributed by atoms with E-state index in [2.05, 4.69) is 0 Å². The van der Waals surface area contributed by atoms with Crippen LogP contribution < -0.4 is 16.2 Å². The molecule has 5 heteroatoms. The van der Waals surface area contributed by atoms with Gasteiger partial charge in [-0.2, -0.15) is 0 Å². The molecule has 0 aliphatic heterocycles. The zero-order valence-corrected chi connectivity index (χ0v) is 10.9. The molecule has 1 aromatic rings. The third kappa shape index (κ3) is 4.18. The Morgan fingerprint density at radius 3 is 2.69 bits per heavy atom. The predicted octanol–water partition coefficient (Wildman–Crippen LogP) is 2.51. The summed E-state index contributed by atoms with van der Waals surface area (Å²) in [5, 5.41) is 0.604. The molecule has 0 aliphatic carbocycles. The van der Waals surface area contributed by atoms with Crippen molar-refractivity contribution < 1.29 is 4.74 Å². The molecule has 0 saturated heterocycles. The summed E-state index contributed by atoms with van der Waals surface area (Å²) in [5.41, 5.74) is 12.5. The van der Waals surface area contributed by atoms with Gasteiger partial charge in [-0.1, -0.05) is 17.7 Å². The Morgan fingerprint density at radius 1 is 1.44 bits per heavy atom. The summed E-state index contributed by atoms with van der Waals surface area (Å²) < 4.78 is 5.13. The summed E-state index contributed by atoms with van der Waals surface area (Å²) in [6.45, 7) is 0.665. The van der Waals surface area contributed by atoms with Crippen LogP contribution >= 0.6 is 24.0 Å². The van der Waals surface area contributed by atoms with E-state index >= 15 is 0 Å². The van der Waals surface area contributed by atoms with Gasteiger partial charge in [-0.15, -0.1) is 12.4 Å². The molecule has 0 amide bonds. The molecular weight excluding hydrogens is 247 g/mol. The predicted molar refractivity (Wildman–Crippen MR) is 70.5 cm³/mol. The minimum Gasteiger partial charge on any atom is -0.495 e. The lowest BCUT2D eigenvalue weighted by molar-refractivity contribution is 0.414. The zero-order chi connectivity index (χ0) is 11.3. The monoisotopic (exact) mass is 264 g/mol. The van der Waals surface area contributed by atoms with Gasteiger partial charge in [0, 0.05) is 6.04 Å². The van der Waals surface area contributed by atoms with Gasteiger partial charge in [0.1, 0.15) is 5.75 Å². The van der Waals surface area contributed by atoms with Gasteiger partial charge in [0.2, 0.25) is 0 Å². The summed E-state index contributed by atoms with van der Waals surface area (Å²) in [5.74, 6) is 0.664. The maximum atomic E-state index is 6.00. The van der Waals surface area contributed by atoms with Gasteiger partial charge in [-0.3, -0.25) is 0 Å². The standard InChI is InChI=1S/C11H17ClN2O.ClH/c1-15-11-7-8(4-5-9(11)12)10(14)3-2-6-13;/h4-5,7,10H,2-3,6,13-14H2,1H3;1H/t10-;/m1./s1. The molecule has 0 aliphatic rings. The number of hydrogen-bond donors (Lipinski definition) is 2. The van der Waals surface area contributed by atoms with Crippen LogP contribution in [0, 0.1) is 0 Å². The lowest BCUT2D eigenvalue weighted by Gasteiger charge is -2.13. The first-order valence-corrected chi connectivity index (χ1v) is 5.36. The molecule has 0 bridgehead atoms. The van der Waals surface area contributed by atoms with E-state index in [0.717, 1.165) is 18.4 Å². The molecule has 0 saturated carbocycles. The Hall–Kier alpha value is -0.480. The highest BCUT2D eigenvalue weighted by Crippen LogP contribution is 2.28. The fourth-order valence-electron chi connectivity index (χ4n) is 1.41. The quantitative estimate of drug-likeness (QED) is 0.859. The van der Waals surface area contributed by atoms with E-state index in [1.54, 1.807) is 13.2 Å². The van der Waals surface area contributed by atoms with Crippen LogP contribution in [-0.4, -0.2) is 13.7 Å². The second-order valence-electron chi connectivity index (χ2n) is 3.43. The van der Waals surface area contributed by atoms with Gasteiger partial charge in [-0.25, -0.2) is 0 Å². The van der Waals surface area contributed by atoms with Crippen LogP contribution in [0.15, 0.2) is 18.2 Å². The average molecular weight is 265 g/mol. The number of nitrogens with two attached hydrogens (primary N) is 2. The van der Waals surface area contributed by atoms with Crippen molar-refractivity contribution in [3.05, 3.63) is 28.8 Å². The molecule has 1 rings (SSSR count). The van der Waals surface area contributed by atoms with E-state index in [9.17, 15) is 0 Å². The number of rotatable bonds is 5. The van der Waals surface area contributed by atoms with E-state index in [4.69, 9.17) is 27.8 Å². The number of halogens is 2. The highest BCUT2D eigenvalue weighted by atomic mass is 35.5. The van der Waals surface area contributed by atoms with Gasteiger partial charge in [-0.05, 0) is 37.1 Å². The van der Waals surface area contributed by atoms with Crippen molar-refractivity contribution in [1.29, 1.82) is 0 Å². The molecule has 16 heavy (non-hydrogen) atoms. The van der Waals surface area contributed by atoms with Crippen LogP contribution in [0.4, 0.5) is 0 Å². The fraction of sp³-hybridized carbons (Fsp3) is 0.455. The third-order valence-electron chi connectivity index (χ3n) is 2.32.